The van der Waals surface area contributed by atoms with Crippen molar-refractivity contribution in [2.45, 2.75) is 63.5 Å². The zero-order valence-electron chi connectivity index (χ0n) is 23.4. The second-order valence-electron chi connectivity index (χ2n) is 10.5. The molecule has 0 radical (unpaired) electrons. The van der Waals surface area contributed by atoms with E-state index in [0.717, 1.165) is 32.1 Å². The third-order valence-corrected chi connectivity index (χ3v) is 7.70. The fourth-order valence-electron chi connectivity index (χ4n) is 5.37. The molecule has 2 aliphatic rings. The van der Waals surface area contributed by atoms with Crippen LogP contribution in [0.15, 0.2) is 66.9 Å². The first kappa shape index (κ1) is 29.4. The van der Waals surface area contributed by atoms with Gasteiger partial charge in [-0.05, 0) is 61.2 Å². The Hall–Kier alpha value is -4.11. The molecule has 3 amide bonds. The van der Waals surface area contributed by atoms with Crippen LogP contribution in [0.5, 0.6) is 11.5 Å². The van der Waals surface area contributed by atoms with E-state index in [4.69, 9.17) is 21.1 Å². The van der Waals surface area contributed by atoms with Crippen LogP contribution in [-0.4, -0.2) is 42.0 Å². The maximum Gasteiger partial charge on any atom is 0.248 e. The number of nitrogens with zero attached hydrogens (tertiary/aromatic N) is 2. The Morgan fingerprint density at radius 3 is 2.43 bits per heavy atom. The molecule has 2 N–H and O–H groups in total. The lowest BCUT2D eigenvalue weighted by Crippen LogP contribution is -2.47. The van der Waals surface area contributed by atoms with Crippen molar-refractivity contribution in [2.24, 2.45) is 0 Å². The molecule has 0 unspecified atom stereocenters. The fourth-order valence-corrected chi connectivity index (χ4v) is 5.50. The molecule has 1 aliphatic carbocycles. The van der Waals surface area contributed by atoms with E-state index in [9.17, 15) is 14.4 Å². The van der Waals surface area contributed by atoms with Crippen LogP contribution in [-0.2, 0) is 14.4 Å². The number of amides is 3. The van der Waals surface area contributed by atoms with Crippen molar-refractivity contribution >= 4 is 40.8 Å². The molecular formula is C32H35ClN4O5. The van der Waals surface area contributed by atoms with Gasteiger partial charge in [-0.3, -0.25) is 19.3 Å². The van der Waals surface area contributed by atoms with Gasteiger partial charge < -0.3 is 20.1 Å². The van der Waals surface area contributed by atoms with E-state index in [2.05, 4.69) is 15.6 Å². The molecule has 1 aromatic heterocycles. The van der Waals surface area contributed by atoms with Gasteiger partial charge in [0.05, 0.1) is 0 Å². The molecule has 1 atom stereocenters. The number of nitrogens with one attached hydrogen (secondary N) is 2. The van der Waals surface area contributed by atoms with Crippen LogP contribution < -0.4 is 25.0 Å². The van der Waals surface area contributed by atoms with E-state index < -0.39 is 6.04 Å². The number of rotatable bonds is 10. The highest BCUT2D eigenvalue weighted by Gasteiger charge is 2.34. The number of carbonyl (C=O) groups is 3. The van der Waals surface area contributed by atoms with Crippen LogP contribution in [0.4, 0.5) is 11.5 Å². The molecule has 5 rings (SSSR count). The summed E-state index contributed by atoms with van der Waals surface area (Å²) < 4.78 is 11.5. The summed E-state index contributed by atoms with van der Waals surface area (Å²) in [5.41, 5.74) is 1.13. The van der Waals surface area contributed by atoms with E-state index in [1.807, 2.05) is 0 Å². The van der Waals surface area contributed by atoms with Crippen LogP contribution in [0.1, 0.15) is 63.0 Å². The van der Waals surface area contributed by atoms with E-state index in [1.165, 1.54) is 4.90 Å². The van der Waals surface area contributed by atoms with Crippen LogP contribution in [0.3, 0.4) is 0 Å². The summed E-state index contributed by atoms with van der Waals surface area (Å²) in [6.07, 6.45) is 7.13. The van der Waals surface area contributed by atoms with Crippen molar-refractivity contribution in [2.75, 3.05) is 23.4 Å². The highest BCUT2D eigenvalue weighted by molar-refractivity contribution is 6.30. The highest BCUT2D eigenvalue weighted by atomic mass is 35.5. The molecule has 0 bridgehead atoms. The molecule has 9 nitrogen and oxygen atoms in total. The third kappa shape index (κ3) is 7.59. The smallest absolute Gasteiger partial charge is 0.248 e. The molecule has 0 saturated heterocycles. The topological polar surface area (TPSA) is 110 Å². The molecule has 1 aliphatic heterocycles. The summed E-state index contributed by atoms with van der Waals surface area (Å²) in [7, 11) is 0. The van der Waals surface area contributed by atoms with Crippen LogP contribution in [0, 0.1) is 0 Å². The number of ether oxygens (including phenoxy) is 2. The molecule has 2 aromatic carbocycles. The summed E-state index contributed by atoms with van der Waals surface area (Å²) in [6, 6.07) is 16.6. The summed E-state index contributed by atoms with van der Waals surface area (Å²) in [4.78, 5) is 46.2. The van der Waals surface area contributed by atoms with Gasteiger partial charge in [-0.25, -0.2) is 4.98 Å². The summed E-state index contributed by atoms with van der Waals surface area (Å²) in [6.45, 7) is 0.825. The van der Waals surface area contributed by atoms with Crippen LogP contribution >= 0.6 is 11.6 Å². The van der Waals surface area contributed by atoms with E-state index in [-0.39, 0.29) is 43.0 Å². The maximum atomic E-state index is 14.0. The standard InChI is InChI=1S/C32H35ClN4O5/c33-23-14-12-22(13-15-23)31(32(40)35-24-7-2-1-3-8-24)37(25-16-17-26-27(21-25)42-20-19-41-26)30(39)11-6-10-29(38)36-28-9-4-5-18-34-28/h4-5,9,12-18,21,24,31H,1-3,6-8,10-11,19-20H2,(H,35,40)(H,34,36,38)/t31-/m0/s1. The van der Waals surface area contributed by atoms with Crippen molar-refractivity contribution in [1.82, 2.24) is 10.3 Å². The van der Waals surface area contributed by atoms with Crippen LogP contribution in [0.2, 0.25) is 5.02 Å². The maximum absolute atomic E-state index is 14.0. The summed E-state index contributed by atoms with van der Waals surface area (Å²) in [5.74, 6) is 0.745. The Kier molecular flexibility index (Phi) is 9.92. The number of halogens is 1. The van der Waals surface area contributed by atoms with E-state index >= 15 is 0 Å². The lowest BCUT2D eigenvalue weighted by Gasteiger charge is -2.34. The van der Waals surface area contributed by atoms with Crippen molar-refractivity contribution in [3.05, 3.63) is 77.4 Å². The zero-order valence-corrected chi connectivity index (χ0v) is 24.1. The number of carbonyl (C=O) groups excluding carboxylic acids is 3. The number of hydrogen-bond acceptors (Lipinski definition) is 6. The summed E-state index contributed by atoms with van der Waals surface area (Å²) >= 11 is 6.19. The molecule has 220 valence electrons. The molecule has 1 fully saturated rings. The Morgan fingerprint density at radius 1 is 0.929 bits per heavy atom. The lowest BCUT2D eigenvalue weighted by molar-refractivity contribution is -0.127. The zero-order chi connectivity index (χ0) is 29.3. The summed E-state index contributed by atoms with van der Waals surface area (Å²) in [5, 5.41) is 6.48. The van der Waals surface area contributed by atoms with Gasteiger partial charge in [0, 0.05) is 41.9 Å². The number of benzene rings is 2. The second-order valence-corrected chi connectivity index (χ2v) is 10.9. The minimum absolute atomic E-state index is 0.0465. The predicted octanol–water partition coefficient (Wildman–Crippen LogP) is 5.84. The Bertz CT molecular complexity index is 1380. The molecule has 1 saturated carbocycles. The quantitative estimate of drug-likeness (QED) is 0.307. The van der Waals surface area contributed by atoms with Gasteiger partial charge in [0.15, 0.2) is 11.5 Å². The lowest BCUT2D eigenvalue weighted by atomic mass is 9.94. The molecule has 3 aromatic rings. The SMILES string of the molecule is O=C(CCCC(=O)N(c1ccc2c(c1)OCCO2)[C@H](C(=O)NC1CCCCC1)c1ccc(Cl)cc1)Nc1ccccn1. The number of aromatic nitrogens is 1. The largest absolute Gasteiger partial charge is 0.486 e. The van der Waals surface area contributed by atoms with Gasteiger partial charge in [0.1, 0.15) is 25.1 Å². The Labute approximate surface area is 250 Å². The first-order valence-corrected chi connectivity index (χ1v) is 14.8. The van der Waals surface area contributed by atoms with Gasteiger partial charge in [0.25, 0.3) is 0 Å². The van der Waals surface area contributed by atoms with Crippen molar-refractivity contribution < 1.29 is 23.9 Å². The first-order valence-electron chi connectivity index (χ1n) is 14.5. The molecular weight excluding hydrogens is 556 g/mol. The molecule has 0 spiro atoms. The average Bonchev–Trinajstić information content (AvgIpc) is 3.01. The van der Waals surface area contributed by atoms with E-state index in [0.29, 0.717) is 46.8 Å². The number of anilines is 2. The minimum Gasteiger partial charge on any atom is -0.486 e. The average molecular weight is 591 g/mol. The minimum atomic E-state index is -0.957. The van der Waals surface area contributed by atoms with Crippen molar-refractivity contribution in [1.29, 1.82) is 0 Å². The third-order valence-electron chi connectivity index (χ3n) is 7.44. The molecule has 42 heavy (non-hydrogen) atoms. The van der Waals surface area contributed by atoms with Crippen molar-refractivity contribution in [3.63, 3.8) is 0 Å². The number of fused-ring (bicyclic) bond motifs is 1. The Balaban J connectivity index is 1.42. The number of pyridine rings is 1. The van der Waals surface area contributed by atoms with Crippen molar-refractivity contribution in [3.8, 4) is 11.5 Å². The molecule has 10 heteroatoms. The normalized spacial score (nSPS) is 15.4. The van der Waals surface area contributed by atoms with Crippen LogP contribution in [0.25, 0.3) is 0 Å². The fraction of sp³-hybridized carbons (Fsp3) is 0.375. The van der Waals surface area contributed by atoms with Gasteiger partial charge in [-0.2, -0.15) is 0 Å². The van der Waals surface area contributed by atoms with Gasteiger partial charge in [-0.15, -0.1) is 0 Å². The van der Waals surface area contributed by atoms with E-state index in [1.54, 1.807) is 66.9 Å². The van der Waals surface area contributed by atoms with Gasteiger partial charge >= 0.3 is 0 Å². The van der Waals surface area contributed by atoms with Gasteiger partial charge in [0.2, 0.25) is 17.7 Å². The Morgan fingerprint density at radius 2 is 1.69 bits per heavy atom. The van der Waals surface area contributed by atoms with Gasteiger partial charge in [-0.1, -0.05) is 49.1 Å². The predicted molar refractivity (Wildman–Crippen MR) is 161 cm³/mol. The first-order chi connectivity index (χ1) is 20.5. The second kappa shape index (κ2) is 14.2. The molecule has 2 heterocycles. The highest BCUT2D eigenvalue weighted by Crippen LogP contribution is 2.38. The number of hydrogen-bond donors (Lipinski definition) is 2. The monoisotopic (exact) mass is 590 g/mol.